The van der Waals surface area contributed by atoms with E-state index in [1.54, 1.807) is 0 Å². The topological polar surface area (TPSA) is 82.3 Å². The first-order valence-corrected chi connectivity index (χ1v) is 4.08. The molecule has 0 fully saturated rings. The molecule has 2 N–H and O–H groups in total. The molecule has 1 rings (SSSR count). The number of nitrogen functional groups attached to an aromatic ring is 1. The summed E-state index contributed by atoms with van der Waals surface area (Å²) in [6, 6.07) is 1.23. The normalized spacial score (nSPS) is 9.57. The molecule has 1 aromatic heterocycles. The van der Waals surface area contributed by atoms with E-state index in [1.165, 1.54) is 6.07 Å². The summed E-state index contributed by atoms with van der Waals surface area (Å²) in [6.07, 6.45) is 0. The maximum Gasteiger partial charge on any atom is 0.350 e. The second kappa shape index (κ2) is 4.26. The van der Waals surface area contributed by atoms with Crippen LogP contribution in [0.2, 0.25) is 10.3 Å². The number of carbonyl (C=O) groups is 2. The van der Waals surface area contributed by atoms with Gasteiger partial charge in [0.15, 0.2) is 0 Å². The third kappa shape index (κ3) is 2.12. The van der Waals surface area contributed by atoms with Gasteiger partial charge in [-0.3, -0.25) is 4.79 Å². The van der Waals surface area contributed by atoms with E-state index in [-0.39, 0.29) is 28.0 Å². The fourth-order valence-corrected chi connectivity index (χ4v) is 1.33. The van der Waals surface area contributed by atoms with Gasteiger partial charge in [0.1, 0.15) is 15.9 Å². The molecule has 0 radical (unpaired) electrons. The SMILES string of the molecule is Nc1cc(Cl)nc(Cl)c1C(=O)OC=O. The van der Waals surface area contributed by atoms with Crippen LogP contribution < -0.4 is 5.73 Å². The number of hydrogen-bond acceptors (Lipinski definition) is 5. The lowest BCUT2D eigenvalue weighted by atomic mass is 10.2. The molecule has 0 bridgehead atoms. The minimum atomic E-state index is -0.966. The summed E-state index contributed by atoms with van der Waals surface area (Å²) in [6.45, 7) is -0.0211. The second-order valence-electron chi connectivity index (χ2n) is 2.20. The molecule has 74 valence electrons. The molecule has 0 saturated carbocycles. The number of anilines is 1. The zero-order valence-electron chi connectivity index (χ0n) is 6.66. The molecule has 0 atom stereocenters. The highest BCUT2D eigenvalue weighted by atomic mass is 35.5. The van der Waals surface area contributed by atoms with Crippen molar-refractivity contribution < 1.29 is 14.3 Å². The molecule has 0 aliphatic heterocycles. The van der Waals surface area contributed by atoms with Gasteiger partial charge in [0, 0.05) is 0 Å². The quantitative estimate of drug-likeness (QED) is 0.361. The van der Waals surface area contributed by atoms with E-state index in [0.29, 0.717) is 0 Å². The van der Waals surface area contributed by atoms with Gasteiger partial charge in [0.25, 0.3) is 0 Å². The average Bonchev–Trinajstić information content (AvgIpc) is 2.01. The Hall–Kier alpha value is -1.33. The molecule has 1 aromatic rings. The van der Waals surface area contributed by atoms with Gasteiger partial charge in [0.2, 0.25) is 0 Å². The molecule has 0 saturated heterocycles. The number of halogens is 2. The molecule has 0 aliphatic rings. The second-order valence-corrected chi connectivity index (χ2v) is 2.95. The van der Waals surface area contributed by atoms with Gasteiger partial charge in [0.05, 0.1) is 5.69 Å². The number of ether oxygens (including phenoxy) is 1. The Labute approximate surface area is 88.8 Å². The number of nitrogens with two attached hydrogens (primary N) is 1. The number of carbonyl (C=O) groups excluding carboxylic acids is 2. The third-order valence-electron chi connectivity index (χ3n) is 1.33. The number of esters is 1. The van der Waals surface area contributed by atoms with Gasteiger partial charge >= 0.3 is 12.4 Å². The summed E-state index contributed by atoms with van der Waals surface area (Å²) in [4.78, 5) is 24.6. The third-order valence-corrected chi connectivity index (χ3v) is 1.80. The lowest BCUT2D eigenvalue weighted by Gasteiger charge is -2.04. The van der Waals surface area contributed by atoms with E-state index in [9.17, 15) is 9.59 Å². The first-order valence-electron chi connectivity index (χ1n) is 3.32. The van der Waals surface area contributed by atoms with Crippen molar-refractivity contribution in [2.75, 3.05) is 5.73 Å². The fourth-order valence-electron chi connectivity index (χ4n) is 0.806. The van der Waals surface area contributed by atoms with Crippen molar-refractivity contribution in [1.29, 1.82) is 0 Å². The van der Waals surface area contributed by atoms with Crippen LogP contribution in [-0.4, -0.2) is 17.4 Å². The van der Waals surface area contributed by atoms with Crippen LogP contribution in [0.3, 0.4) is 0 Å². The summed E-state index contributed by atoms with van der Waals surface area (Å²) in [5.41, 5.74) is 5.25. The highest BCUT2D eigenvalue weighted by molar-refractivity contribution is 6.35. The number of pyridine rings is 1. The molecular formula is C7H4Cl2N2O3. The minimum absolute atomic E-state index is 0.00171. The maximum absolute atomic E-state index is 11.1. The number of aromatic nitrogens is 1. The smallest absolute Gasteiger partial charge is 0.350 e. The van der Waals surface area contributed by atoms with Crippen LogP contribution >= 0.6 is 23.2 Å². The van der Waals surface area contributed by atoms with E-state index in [4.69, 9.17) is 28.9 Å². The Morgan fingerprint density at radius 2 is 2.21 bits per heavy atom. The summed E-state index contributed by atoms with van der Waals surface area (Å²) < 4.78 is 4.06. The van der Waals surface area contributed by atoms with E-state index in [2.05, 4.69) is 9.72 Å². The van der Waals surface area contributed by atoms with Crippen molar-refractivity contribution in [3.8, 4) is 0 Å². The monoisotopic (exact) mass is 234 g/mol. The highest BCUT2D eigenvalue weighted by Gasteiger charge is 2.17. The molecule has 0 unspecified atom stereocenters. The molecule has 0 aromatic carbocycles. The molecule has 7 heteroatoms. The Balaban J connectivity index is 3.20. The van der Waals surface area contributed by atoms with E-state index >= 15 is 0 Å². The fraction of sp³-hybridized carbons (Fsp3) is 0. The van der Waals surface area contributed by atoms with Crippen LogP contribution in [0.5, 0.6) is 0 Å². The van der Waals surface area contributed by atoms with E-state index in [0.717, 1.165) is 0 Å². The van der Waals surface area contributed by atoms with E-state index < -0.39 is 5.97 Å². The number of rotatable bonds is 2. The average molecular weight is 235 g/mol. The van der Waals surface area contributed by atoms with E-state index in [1.807, 2.05) is 0 Å². The molecular weight excluding hydrogens is 231 g/mol. The number of nitrogens with zero attached hydrogens (tertiary/aromatic N) is 1. The highest BCUT2D eigenvalue weighted by Crippen LogP contribution is 2.24. The lowest BCUT2D eigenvalue weighted by molar-refractivity contribution is -0.123. The predicted molar refractivity (Wildman–Crippen MR) is 50.1 cm³/mol. The van der Waals surface area contributed by atoms with Gasteiger partial charge in [-0.1, -0.05) is 23.2 Å². The van der Waals surface area contributed by atoms with Crippen LogP contribution in [0, 0.1) is 0 Å². The van der Waals surface area contributed by atoms with Crippen molar-refractivity contribution >= 4 is 41.3 Å². The van der Waals surface area contributed by atoms with Crippen LogP contribution in [-0.2, 0) is 9.53 Å². The zero-order chi connectivity index (χ0) is 10.7. The molecule has 5 nitrogen and oxygen atoms in total. The molecule has 0 spiro atoms. The number of hydrogen-bond donors (Lipinski definition) is 1. The Morgan fingerprint density at radius 3 is 2.71 bits per heavy atom. The van der Waals surface area contributed by atoms with Crippen molar-refractivity contribution in [3.05, 3.63) is 21.9 Å². The first kappa shape index (κ1) is 10.7. The predicted octanol–water partition coefficient (Wildman–Crippen LogP) is 1.28. The van der Waals surface area contributed by atoms with Crippen molar-refractivity contribution in [2.24, 2.45) is 0 Å². The summed E-state index contributed by atoms with van der Waals surface area (Å²) in [7, 11) is 0. The van der Waals surface area contributed by atoms with Gasteiger partial charge in [-0.25, -0.2) is 9.78 Å². The van der Waals surface area contributed by atoms with Gasteiger partial charge in [-0.05, 0) is 6.07 Å². The Morgan fingerprint density at radius 1 is 1.57 bits per heavy atom. The zero-order valence-corrected chi connectivity index (χ0v) is 8.17. The van der Waals surface area contributed by atoms with Crippen LogP contribution in [0.15, 0.2) is 6.07 Å². The van der Waals surface area contributed by atoms with Crippen molar-refractivity contribution in [3.63, 3.8) is 0 Å². The van der Waals surface area contributed by atoms with Crippen LogP contribution in [0.1, 0.15) is 10.4 Å². The first-order chi connectivity index (χ1) is 6.56. The van der Waals surface area contributed by atoms with Crippen molar-refractivity contribution in [1.82, 2.24) is 4.98 Å². The standard InChI is InChI=1S/C7H4Cl2N2O3/c8-4-1-3(10)5(6(9)11-4)7(13)14-2-12/h1-2H,(H2,10,11). The summed E-state index contributed by atoms with van der Waals surface area (Å²) in [5.74, 6) is -0.966. The summed E-state index contributed by atoms with van der Waals surface area (Å²) >= 11 is 11.1. The van der Waals surface area contributed by atoms with Gasteiger partial charge in [-0.15, -0.1) is 0 Å². The van der Waals surface area contributed by atoms with Crippen LogP contribution in [0.25, 0.3) is 0 Å². The lowest BCUT2D eigenvalue weighted by Crippen LogP contribution is -2.09. The molecule has 0 amide bonds. The van der Waals surface area contributed by atoms with Crippen LogP contribution in [0.4, 0.5) is 5.69 Å². The minimum Gasteiger partial charge on any atom is -0.398 e. The maximum atomic E-state index is 11.1. The largest absolute Gasteiger partial charge is 0.398 e. The van der Waals surface area contributed by atoms with Gasteiger partial charge in [-0.2, -0.15) is 0 Å². The molecule has 14 heavy (non-hydrogen) atoms. The Bertz CT molecular complexity index is 372. The Kier molecular flexibility index (Phi) is 3.27. The summed E-state index contributed by atoms with van der Waals surface area (Å²) in [5, 5.41) is -0.156. The van der Waals surface area contributed by atoms with Crippen molar-refractivity contribution in [2.45, 2.75) is 0 Å². The molecule has 0 aliphatic carbocycles. The van der Waals surface area contributed by atoms with Gasteiger partial charge < -0.3 is 10.5 Å². The molecule has 1 heterocycles.